The number of aliphatic hydroxyl groups is 1. The van der Waals surface area contributed by atoms with E-state index in [1.165, 1.54) is 6.08 Å². The van der Waals surface area contributed by atoms with Crippen molar-refractivity contribution in [3.63, 3.8) is 0 Å². The Labute approximate surface area is 122 Å². The minimum Gasteiger partial charge on any atom is -0.504 e. The molecule has 1 heterocycles. The molecule has 1 atom stereocenters. The average Bonchev–Trinajstić information content (AvgIpc) is 2.67. The lowest BCUT2D eigenvalue weighted by Gasteiger charge is -2.03. The topological polar surface area (TPSA) is 101 Å². The Bertz CT molecular complexity index is 538. The Morgan fingerprint density at radius 1 is 1.38 bits per heavy atom. The Hall–Kier alpha value is -2.37. The Morgan fingerprint density at radius 3 is 2.62 bits per heavy atom. The third-order valence-corrected chi connectivity index (χ3v) is 2.97. The first-order valence-electron chi connectivity index (χ1n) is 6.69. The molecule has 6 nitrogen and oxygen atoms in total. The van der Waals surface area contributed by atoms with E-state index < -0.39 is 34.8 Å². The van der Waals surface area contributed by atoms with Crippen molar-refractivity contribution in [2.24, 2.45) is 5.92 Å². The summed E-state index contributed by atoms with van der Waals surface area (Å²) in [5, 5.41) is 18.3. The molecule has 0 amide bonds. The molecule has 0 bridgehead atoms. The van der Waals surface area contributed by atoms with Crippen LogP contribution in [0, 0.1) is 5.92 Å². The summed E-state index contributed by atoms with van der Waals surface area (Å²) in [6.45, 7) is 4.01. The number of aliphatic hydroxyl groups excluding tert-OH is 1. The van der Waals surface area contributed by atoms with Crippen molar-refractivity contribution in [2.75, 3.05) is 0 Å². The molecule has 21 heavy (non-hydrogen) atoms. The van der Waals surface area contributed by atoms with E-state index in [0.29, 0.717) is 6.08 Å². The lowest BCUT2D eigenvalue weighted by atomic mass is 10.0. The maximum absolute atomic E-state index is 11.9. The number of ether oxygens (including phenoxy) is 1. The van der Waals surface area contributed by atoms with Gasteiger partial charge in [0.05, 0.1) is 6.08 Å². The van der Waals surface area contributed by atoms with E-state index in [-0.39, 0.29) is 5.92 Å². The van der Waals surface area contributed by atoms with Crippen LogP contribution in [0.4, 0.5) is 0 Å². The summed E-state index contributed by atoms with van der Waals surface area (Å²) in [7, 11) is 0. The number of carboxylic acid groups (broad SMARTS) is 1. The third kappa shape index (κ3) is 4.59. The van der Waals surface area contributed by atoms with E-state index in [2.05, 4.69) is 11.7 Å². The minimum atomic E-state index is -1.39. The highest BCUT2D eigenvalue weighted by Crippen LogP contribution is 2.25. The number of carboxylic acids is 1. The van der Waals surface area contributed by atoms with Crippen molar-refractivity contribution in [1.29, 1.82) is 0 Å². The summed E-state index contributed by atoms with van der Waals surface area (Å²) in [5.74, 6) is -4.23. The van der Waals surface area contributed by atoms with Gasteiger partial charge in [-0.05, 0) is 18.4 Å². The van der Waals surface area contributed by atoms with Crippen LogP contribution in [-0.4, -0.2) is 27.9 Å². The Balaban J connectivity index is 2.86. The molecule has 2 N–H and O–H groups in total. The molecule has 0 aromatic carbocycles. The van der Waals surface area contributed by atoms with Gasteiger partial charge in [-0.2, -0.15) is 0 Å². The van der Waals surface area contributed by atoms with Crippen LogP contribution in [0.1, 0.15) is 33.1 Å². The number of rotatable bonds is 7. The highest BCUT2D eigenvalue weighted by molar-refractivity contribution is 6.24. The van der Waals surface area contributed by atoms with Crippen molar-refractivity contribution in [3.8, 4) is 0 Å². The maximum Gasteiger partial charge on any atom is 0.351 e. The van der Waals surface area contributed by atoms with Gasteiger partial charge in [0.2, 0.25) is 0 Å². The summed E-state index contributed by atoms with van der Waals surface area (Å²) < 4.78 is 4.55. The second kappa shape index (κ2) is 7.42. The van der Waals surface area contributed by atoms with E-state index in [9.17, 15) is 19.5 Å². The van der Waals surface area contributed by atoms with E-state index in [1.54, 1.807) is 6.08 Å². The van der Waals surface area contributed by atoms with E-state index in [0.717, 1.165) is 19.3 Å². The highest BCUT2D eigenvalue weighted by atomic mass is 16.6. The standard InChI is InChI=1S/C15H18O6/c1-3-4-5-9(2)6-7-10(16)13-14(19)11(8-12(17)18)21-15(13)20/h6-9,19H,3-5H2,1-2H3,(H,17,18)/b7-6+,11-8-/t9-/m1/s1. The summed E-state index contributed by atoms with van der Waals surface area (Å²) in [4.78, 5) is 33.9. The van der Waals surface area contributed by atoms with Gasteiger partial charge in [-0.25, -0.2) is 9.59 Å². The molecule has 0 unspecified atom stereocenters. The summed E-state index contributed by atoms with van der Waals surface area (Å²) in [6.07, 6.45) is 6.39. The van der Waals surface area contributed by atoms with Crippen LogP contribution in [0.3, 0.4) is 0 Å². The van der Waals surface area contributed by atoms with Crippen molar-refractivity contribution in [2.45, 2.75) is 33.1 Å². The molecule has 0 aromatic heterocycles. The molecule has 0 saturated heterocycles. The van der Waals surface area contributed by atoms with Crippen molar-refractivity contribution >= 4 is 17.7 Å². The first-order chi connectivity index (χ1) is 9.86. The number of hydrogen-bond acceptors (Lipinski definition) is 5. The quantitative estimate of drug-likeness (QED) is 0.424. The lowest BCUT2D eigenvalue weighted by molar-refractivity contribution is -0.134. The van der Waals surface area contributed by atoms with Crippen LogP contribution in [0.15, 0.2) is 35.3 Å². The zero-order chi connectivity index (χ0) is 16.0. The Morgan fingerprint density at radius 2 is 2.05 bits per heavy atom. The minimum absolute atomic E-state index is 0.170. The van der Waals surface area contributed by atoms with Crippen LogP contribution in [0.5, 0.6) is 0 Å². The van der Waals surface area contributed by atoms with Gasteiger partial charge < -0.3 is 14.9 Å². The van der Waals surface area contributed by atoms with Gasteiger partial charge >= 0.3 is 11.9 Å². The normalized spacial score (nSPS) is 18.4. The average molecular weight is 294 g/mol. The van der Waals surface area contributed by atoms with E-state index in [4.69, 9.17) is 5.11 Å². The SMILES string of the molecule is CCCC[C@@H](C)/C=C/C(=O)C1=C(O)/C(=C/C(=O)O)OC1=O. The van der Waals surface area contributed by atoms with E-state index >= 15 is 0 Å². The number of carbonyl (C=O) groups is 3. The molecule has 0 aliphatic carbocycles. The fraction of sp³-hybridized carbons (Fsp3) is 0.400. The molecule has 114 valence electrons. The van der Waals surface area contributed by atoms with Gasteiger partial charge in [-0.3, -0.25) is 4.79 Å². The number of esters is 1. The zero-order valence-corrected chi connectivity index (χ0v) is 12.0. The van der Waals surface area contributed by atoms with Gasteiger partial charge in [0.15, 0.2) is 22.9 Å². The number of ketones is 1. The fourth-order valence-corrected chi connectivity index (χ4v) is 1.80. The van der Waals surface area contributed by atoms with Gasteiger partial charge in [0.25, 0.3) is 0 Å². The third-order valence-electron chi connectivity index (χ3n) is 2.97. The van der Waals surface area contributed by atoms with Crippen LogP contribution >= 0.6 is 0 Å². The van der Waals surface area contributed by atoms with Crippen LogP contribution in [-0.2, 0) is 19.1 Å². The molecule has 0 saturated carbocycles. The first-order valence-corrected chi connectivity index (χ1v) is 6.69. The predicted molar refractivity (Wildman–Crippen MR) is 74.3 cm³/mol. The molecule has 0 aromatic rings. The van der Waals surface area contributed by atoms with Crippen LogP contribution < -0.4 is 0 Å². The number of aliphatic carboxylic acids is 1. The molecule has 6 heteroatoms. The van der Waals surface area contributed by atoms with Gasteiger partial charge in [0, 0.05) is 0 Å². The highest BCUT2D eigenvalue weighted by Gasteiger charge is 2.34. The monoisotopic (exact) mass is 294 g/mol. The summed E-state index contributed by atoms with van der Waals surface area (Å²) in [6, 6.07) is 0. The second-order valence-corrected chi connectivity index (χ2v) is 4.80. The van der Waals surface area contributed by atoms with Crippen molar-refractivity contribution in [3.05, 3.63) is 35.3 Å². The molecule has 0 spiro atoms. The summed E-state index contributed by atoms with van der Waals surface area (Å²) >= 11 is 0. The molecular weight excluding hydrogens is 276 g/mol. The molecule has 0 fully saturated rings. The van der Waals surface area contributed by atoms with Gasteiger partial charge in [-0.15, -0.1) is 0 Å². The first kappa shape index (κ1) is 16.7. The number of allylic oxidation sites excluding steroid dienone is 2. The van der Waals surface area contributed by atoms with Crippen molar-refractivity contribution in [1.82, 2.24) is 0 Å². The second-order valence-electron chi connectivity index (χ2n) is 4.80. The maximum atomic E-state index is 11.9. The fourth-order valence-electron chi connectivity index (χ4n) is 1.80. The predicted octanol–water partition coefficient (Wildman–Crippen LogP) is 2.28. The number of unbranched alkanes of at least 4 members (excludes halogenated alkanes) is 1. The molecular formula is C15H18O6. The molecule has 1 aliphatic heterocycles. The molecule has 1 aliphatic rings. The molecule has 1 rings (SSSR count). The van der Waals surface area contributed by atoms with Crippen LogP contribution in [0.2, 0.25) is 0 Å². The lowest BCUT2D eigenvalue weighted by Crippen LogP contribution is -2.09. The van der Waals surface area contributed by atoms with Crippen LogP contribution in [0.25, 0.3) is 0 Å². The smallest absolute Gasteiger partial charge is 0.351 e. The number of hydrogen-bond donors (Lipinski definition) is 2. The van der Waals surface area contributed by atoms with Crippen molar-refractivity contribution < 1.29 is 29.3 Å². The van der Waals surface area contributed by atoms with E-state index in [1.807, 2.05) is 6.92 Å². The largest absolute Gasteiger partial charge is 0.504 e. The van der Waals surface area contributed by atoms with Gasteiger partial charge in [-0.1, -0.05) is 32.8 Å². The number of carbonyl (C=O) groups excluding carboxylic acids is 2. The number of cyclic esters (lactones) is 1. The summed E-state index contributed by atoms with van der Waals surface area (Å²) in [5.41, 5.74) is -0.540. The Kier molecular flexibility index (Phi) is 5.90. The van der Waals surface area contributed by atoms with Gasteiger partial charge in [0.1, 0.15) is 0 Å². The molecule has 0 radical (unpaired) electrons. The zero-order valence-electron chi connectivity index (χ0n) is 12.0.